The molecule has 0 spiro atoms. The molecule has 1 aromatic carbocycles. The SMILES string of the molecule is CSc1ccc(CC(C)(C)[16N]2CCOCC2)cc1. The van der Waals surface area contributed by atoms with Crippen LogP contribution in [0.5, 0.6) is 0 Å². The highest BCUT2D eigenvalue weighted by atomic mass is 32.2. The van der Waals surface area contributed by atoms with E-state index in [4.69, 9.17) is 4.74 Å². The third-order valence-electron chi connectivity index (χ3n) is 3.66. The van der Waals surface area contributed by atoms with Crippen LogP contribution in [-0.4, -0.2) is 43.0 Å². The average molecular weight is 267 g/mol. The topological polar surface area (TPSA) is 12.5 Å². The Bertz CT molecular complexity index is 369. The second kappa shape index (κ2) is 6.09. The highest BCUT2D eigenvalue weighted by Crippen LogP contribution is 2.23. The van der Waals surface area contributed by atoms with Gasteiger partial charge in [0.2, 0.25) is 0 Å². The van der Waals surface area contributed by atoms with Crippen LogP contribution in [0.2, 0.25) is 0 Å². The molecule has 100 valence electrons. The summed E-state index contributed by atoms with van der Waals surface area (Å²) >= 11 is 1.80. The van der Waals surface area contributed by atoms with Crippen LogP contribution < -0.4 is 0 Å². The van der Waals surface area contributed by atoms with Gasteiger partial charge in [0.15, 0.2) is 0 Å². The van der Waals surface area contributed by atoms with Crippen LogP contribution in [0.4, 0.5) is 0 Å². The summed E-state index contributed by atoms with van der Waals surface area (Å²) in [4.78, 5) is 3.88. The third-order valence-corrected chi connectivity index (χ3v) is 4.41. The molecule has 0 unspecified atom stereocenters. The third kappa shape index (κ3) is 3.50. The van der Waals surface area contributed by atoms with Gasteiger partial charge in [-0.25, -0.2) is 0 Å². The van der Waals surface area contributed by atoms with E-state index in [-0.39, 0.29) is 5.54 Å². The minimum Gasteiger partial charge on any atom is -0.379 e. The van der Waals surface area contributed by atoms with E-state index < -0.39 is 0 Å². The lowest BCUT2D eigenvalue weighted by molar-refractivity contribution is -0.00984. The Kier molecular flexibility index (Phi) is 4.71. The summed E-state index contributed by atoms with van der Waals surface area (Å²) < 4.78 is 5.43. The second-order valence-electron chi connectivity index (χ2n) is 5.44. The largest absolute Gasteiger partial charge is 0.379 e. The molecule has 1 aliphatic heterocycles. The Morgan fingerprint density at radius 1 is 1.17 bits per heavy atom. The normalized spacial score (nSPS) is 17.9. The first kappa shape index (κ1) is 13.9. The highest BCUT2D eigenvalue weighted by Gasteiger charge is 2.28. The molecule has 0 saturated carbocycles. The van der Waals surface area contributed by atoms with Gasteiger partial charge in [0.05, 0.1) is 13.2 Å². The van der Waals surface area contributed by atoms with E-state index in [1.165, 1.54) is 10.5 Å². The summed E-state index contributed by atoms with van der Waals surface area (Å²) in [5.41, 5.74) is 1.63. The van der Waals surface area contributed by atoms with Gasteiger partial charge in [0.1, 0.15) is 0 Å². The predicted molar refractivity (Wildman–Crippen MR) is 78.4 cm³/mol. The standard InChI is InChI=1S/C15H23NOS/c1-15(2,16-8-10-17-11-9-16)12-13-4-6-14(18-3)7-5-13/h4-7H,8-12H2,1-3H3/i16+2. The van der Waals surface area contributed by atoms with Crippen LogP contribution in [-0.2, 0) is 11.2 Å². The highest BCUT2D eigenvalue weighted by molar-refractivity contribution is 7.98. The van der Waals surface area contributed by atoms with Gasteiger partial charge in [-0.15, -0.1) is 11.8 Å². The first-order chi connectivity index (χ1) is 8.62. The molecule has 2 nitrogen and oxygen atoms in total. The number of rotatable bonds is 4. The van der Waals surface area contributed by atoms with Gasteiger partial charge in [-0.05, 0) is 44.2 Å². The molecule has 0 radical (unpaired) electrons. The van der Waals surface area contributed by atoms with E-state index in [0.717, 1.165) is 32.7 Å². The van der Waals surface area contributed by atoms with Gasteiger partial charge in [-0.1, -0.05) is 12.1 Å². The van der Waals surface area contributed by atoms with E-state index in [9.17, 15) is 0 Å². The molecule has 0 N–H and O–H groups in total. The van der Waals surface area contributed by atoms with Crippen molar-refractivity contribution in [3.05, 3.63) is 29.8 Å². The fourth-order valence-electron chi connectivity index (χ4n) is 2.52. The Morgan fingerprint density at radius 2 is 1.78 bits per heavy atom. The maximum Gasteiger partial charge on any atom is 0.0594 e. The number of ether oxygens (including phenoxy) is 1. The van der Waals surface area contributed by atoms with Crippen molar-refractivity contribution >= 4 is 11.8 Å². The lowest BCUT2D eigenvalue weighted by Crippen LogP contribution is -2.51. The fourth-order valence-corrected chi connectivity index (χ4v) is 2.93. The molecule has 0 atom stereocenters. The Balaban J connectivity index is 2.01. The fraction of sp³-hybridized carbons (Fsp3) is 0.600. The monoisotopic (exact) mass is 267 g/mol. The van der Waals surface area contributed by atoms with Crippen molar-refractivity contribution in [1.82, 2.24) is 4.90 Å². The molecule has 0 amide bonds. The minimum atomic E-state index is 0.213. The molecule has 3 heteroatoms. The molecule has 0 aliphatic carbocycles. The summed E-state index contributed by atoms with van der Waals surface area (Å²) in [6.07, 6.45) is 3.22. The lowest BCUT2D eigenvalue weighted by atomic mass is 9.97. The number of thioether (sulfide) groups is 1. The number of hydrogen-bond acceptors (Lipinski definition) is 3. The first-order valence-electron chi connectivity index (χ1n) is 6.57. The van der Waals surface area contributed by atoms with Crippen molar-refractivity contribution in [1.29, 1.82) is 0 Å². The van der Waals surface area contributed by atoms with Gasteiger partial charge in [-0.3, -0.25) is 4.90 Å². The molecule has 1 aliphatic rings. The van der Waals surface area contributed by atoms with E-state index >= 15 is 0 Å². The van der Waals surface area contributed by atoms with E-state index in [2.05, 4.69) is 49.3 Å². The molecule has 1 aromatic rings. The van der Waals surface area contributed by atoms with Crippen molar-refractivity contribution in [3.63, 3.8) is 0 Å². The maximum atomic E-state index is 5.43. The molecule has 2 rings (SSSR count). The molecule has 1 fully saturated rings. The number of nitrogens with zero attached hydrogens (tertiary/aromatic N) is 1. The van der Waals surface area contributed by atoms with Crippen LogP contribution in [0.1, 0.15) is 19.4 Å². The van der Waals surface area contributed by atoms with Gasteiger partial charge in [-0.2, -0.15) is 0 Å². The minimum absolute atomic E-state index is 0.213. The van der Waals surface area contributed by atoms with Crippen molar-refractivity contribution < 1.29 is 4.74 Å². The Morgan fingerprint density at radius 3 is 2.33 bits per heavy atom. The summed E-state index contributed by atoms with van der Waals surface area (Å²) in [5, 5.41) is 0. The molecule has 0 bridgehead atoms. The van der Waals surface area contributed by atoms with Crippen molar-refractivity contribution in [2.75, 3.05) is 32.6 Å². The van der Waals surface area contributed by atoms with Crippen LogP contribution in [0.3, 0.4) is 0 Å². The maximum absolute atomic E-state index is 5.43. The van der Waals surface area contributed by atoms with Crippen LogP contribution in [0.15, 0.2) is 29.2 Å². The van der Waals surface area contributed by atoms with Crippen molar-refractivity contribution in [2.45, 2.75) is 30.7 Å². The molecule has 1 saturated heterocycles. The summed E-state index contributed by atoms with van der Waals surface area (Å²) in [7, 11) is 0. The molecule has 0 aromatic heterocycles. The average Bonchev–Trinajstić information content (AvgIpc) is 2.40. The van der Waals surface area contributed by atoms with Gasteiger partial charge >= 0.3 is 0 Å². The molecular formula is C15H23NOS. The number of morpholine rings is 1. The van der Waals surface area contributed by atoms with Gasteiger partial charge in [0, 0.05) is 23.5 Å². The predicted octanol–water partition coefficient (Wildman–Crippen LogP) is 3.06. The zero-order chi connectivity index (χ0) is 13.0. The van der Waals surface area contributed by atoms with Crippen LogP contribution in [0.25, 0.3) is 0 Å². The van der Waals surface area contributed by atoms with Crippen molar-refractivity contribution in [2.24, 2.45) is 0 Å². The van der Waals surface area contributed by atoms with E-state index in [1.54, 1.807) is 11.8 Å². The summed E-state index contributed by atoms with van der Waals surface area (Å²) in [6.45, 7) is 8.51. The zero-order valence-corrected chi connectivity index (χ0v) is 12.4. The van der Waals surface area contributed by atoms with Crippen molar-refractivity contribution in [3.8, 4) is 0 Å². The number of hydrogen-bond donors (Lipinski definition) is 0. The quantitative estimate of drug-likeness (QED) is 0.778. The van der Waals surface area contributed by atoms with Gasteiger partial charge in [0.25, 0.3) is 0 Å². The Hall–Kier alpha value is -0.510. The second-order valence-corrected chi connectivity index (χ2v) is 6.32. The number of benzene rings is 1. The van der Waals surface area contributed by atoms with Gasteiger partial charge < -0.3 is 4.74 Å². The van der Waals surface area contributed by atoms with E-state index in [0.29, 0.717) is 0 Å². The molecule has 18 heavy (non-hydrogen) atoms. The lowest BCUT2D eigenvalue weighted by Gasteiger charge is -2.41. The van der Waals surface area contributed by atoms with Crippen LogP contribution in [0, 0.1) is 0 Å². The van der Waals surface area contributed by atoms with E-state index in [1.807, 2.05) is 0 Å². The molecular weight excluding hydrogens is 244 g/mol. The zero-order valence-electron chi connectivity index (χ0n) is 11.6. The summed E-state index contributed by atoms with van der Waals surface area (Å²) in [5.74, 6) is 0. The molecule has 1 heterocycles. The Labute approximate surface area is 115 Å². The summed E-state index contributed by atoms with van der Waals surface area (Å²) in [6, 6.07) is 8.95. The van der Waals surface area contributed by atoms with Crippen LogP contribution >= 0.6 is 11.8 Å². The first-order valence-corrected chi connectivity index (χ1v) is 7.80. The smallest absolute Gasteiger partial charge is 0.0594 e.